The third kappa shape index (κ3) is 6.39. The van der Waals surface area contributed by atoms with Gasteiger partial charge in [-0.1, -0.05) is 6.92 Å². The van der Waals surface area contributed by atoms with Crippen LogP contribution in [0.15, 0.2) is 0 Å². The summed E-state index contributed by atoms with van der Waals surface area (Å²) in [5.41, 5.74) is 0. The number of thioether (sulfide) groups is 1. The molecule has 0 saturated heterocycles. The molecule has 0 radical (unpaired) electrons. The maximum Gasteiger partial charge on any atom is 0.148 e. The largest absolute Gasteiger partial charge is 0.352 e. The Bertz CT molecular complexity index is 68.6. The van der Waals surface area contributed by atoms with Crippen LogP contribution in [-0.4, -0.2) is 25.1 Å². The van der Waals surface area contributed by atoms with E-state index in [0.29, 0.717) is 12.9 Å². The monoisotopic (exact) mass is 164 g/mol. The first-order valence-electron chi connectivity index (χ1n) is 3.49. The van der Waals surface area contributed by atoms with E-state index in [1.54, 1.807) is 11.8 Å². The average molecular weight is 164 g/mol. The van der Waals surface area contributed by atoms with Gasteiger partial charge in [-0.2, -0.15) is 0 Å². The molecule has 2 nitrogen and oxygen atoms in total. The lowest BCUT2D eigenvalue weighted by Crippen LogP contribution is -2.09. The van der Waals surface area contributed by atoms with Crippen molar-refractivity contribution in [1.82, 2.24) is 0 Å². The molecule has 0 aliphatic rings. The summed E-state index contributed by atoms with van der Waals surface area (Å²) in [6, 6.07) is 0. The lowest BCUT2D eigenvalue weighted by molar-refractivity contribution is -0.0705. The molecule has 0 aliphatic heterocycles. The van der Waals surface area contributed by atoms with Gasteiger partial charge >= 0.3 is 0 Å². The Morgan fingerprint density at radius 2 is 2.20 bits per heavy atom. The Balaban J connectivity index is 2.89. The second-order valence-electron chi connectivity index (χ2n) is 2.11. The molecule has 0 spiro atoms. The Hall–Kier alpha value is 0.270. The van der Waals surface area contributed by atoms with Crippen molar-refractivity contribution in [2.24, 2.45) is 0 Å². The van der Waals surface area contributed by atoms with E-state index in [9.17, 15) is 0 Å². The molecule has 0 amide bonds. The van der Waals surface area contributed by atoms with Gasteiger partial charge in [-0.25, -0.2) is 0 Å². The highest BCUT2D eigenvalue weighted by molar-refractivity contribution is 7.98. The lowest BCUT2D eigenvalue weighted by atomic mass is 10.3. The van der Waals surface area contributed by atoms with E-state index in [1.165, 1.54) is 0 Å². The van der Waals surface area contributed by atoms with Gasteiger partial charge in [0.2, 0.25) is 0 Å². The zero-order valence-corrected chi connectivity index (χ0v) is 7.74. The van der Waals surface area contributed by atoms with Crippen molar-refractivity contribution in [3.63, 3.8) is 0 Å². The van der Waals surface area contributed by atoms with Crippen molar-refractivity contribution < 1.29 is 9.47 Å². The van der Waals surface area contributed by atoms with E-state index in [4.69, 9.17) is 9.47 Å². The molecule has 0 saturated carbocycles. The van der Waals surface area contributed by atoms with Crippen LogP contribution in [0, 0.1) is 0 Å². The summed E-state index contributed by atoms with van der Waals surface area (Å²) in [5.74, 6) is 0.719. The van der Waals surface area contributed by atoms with Gasteiger partial charge in [-0.3, -0.25) is 0 Å². The van der Waals surface area contributed by atoms with Crippen molar-refractivity contribution in [3.8, 4) is 0 Å². The summed E-state index contributed by atoms with van der Waals surface area (Å²) >= 11 is 1.66. The topological polar surface area (TPSA) is 18.5 Å². The number of hydrogen-bond donors (Lipinski definition) is 0. The molecule has 0 heterocycles. The van der Waals surface area contributed by atoms with Crippen LogP contribution >= 0.6 is 11.8 Å². The van der Waals surface area contributed by atoms with Crippen molar-refractivity contribution in [2.75, 3.05) is 19.0 Å². The highest BCUT2D eigenvalue weighted by atomic mass is 32.2. The molecule has 0 aromatic heterocycles. The molecule has 0 aliphatic carbocycles. The minimum Gasteiger partial charge on any atom is -0.352 e. The third-order valence-electron chi connectivity index (χ3n) is 1.21. The van der Waals surface area contributed by atoms with Gasteiger partial charge in [0.15, 0.2) is 0 Å². The van der Waals surface area contributed by atoms with Gasteiger partial charge in [-0.15, -0.1) is 11.8 Å². The predicted octanol–water partition coefficient (Wildman–Crippen LogP) is 2.10. The first-order valence-corrected chi connectivity index (χ1v) is 4.89. The summed E-state index contributed by atoms with van der Waals surface area (Å²) < 4.78 is 10.4. The molecular formula is C7H16O2S. The summed E-state index contributed by atoms with van der Waals surface area (Å²) in [4.78, 5) is 0. The van der Waals surface area contributed by atoms with E-state index in [1.807, 2.05) is 13.2 Å². The van der Waals surface area contributed by atoms with E-state index in [2.05, 4.69) is 6.92 Å². The van der Waals surface area contributed by atoms with Gasteiger partial charge < -0.3 is 9.47 Å². The normalized spacial score (nSPS) is 13.5. The Morgan fingerprint density at radius 1 is 1.50 bits per heavy atom. The summed E-state index contributed by atoms with van der Waals surface area (Å²) in [5, 5.41) is 0. The molecule has 1 unspecified atom stereocenters. The van der Waals surface area contributed by atoms with Crippen LogP contribution < -0.4 is 0 Å². The quantitative estimate of drug-likeness (QED) is 0.442. The molecule has 1 atom stereocenters. The van der Waals surface area contributed by atoms with Crippen molar-refractivity contribution >= 4 is 11.8 Å². The minimum atomic E-state index is 0.321. The van der Waals surface area contributed by atoms with E-state index in [-0.39, 0.29) is 0 Å². The summed E-state index contributed by atoms with van der Waals surface area (Å²) in [6.07, 6.45) is 3.37. The minimum absolute atomic E-state index is 0.321. The predicted molar refractivity (Wildman–Crippen MR) is 45.2 cm³/mol. The molecule has 0 rings (SSSR count). The summed E-state index contributed by atoms with van der Waals surface area (Å²) in [7, 11) is 0. The Morgan fingerprint density at radius 3 is 2.70 bits per heavy atom. The highest BCUT2D eigenvalue weighted by Crippen LogP contribution is 1.97. The Kier molecular flexibility index (Phi) is 7.58. The van der Waals surface area contributed by atoms with Gasteiger partial charge in [0, 0.05) is 0 Å². The number of hydrogen-bond acceptors (Lipinski definition) is 3. The van der Waals surface area contributed by atoms with Crippen molar-refractivity contribution in [3.05, 3.63) is 0 Å². The zero-order chi connectivity index (χ0) is 7.82. The maximum atomic E-state index is 5.26. The van der Waals surface area contributed by atoms with Crippen LogP contribution in [0.4, 0.5) is 0 Å². The van der Waals surface area contributed by atoms with Gasteiger partial charge in [-0.05, 0) is 19.6 Å². The molecule has 0 fully saturated rings. The average Bonchev–Trinajstić information content (AvgIpc) is 1.98. The van der Waals surface area contributed by atoms with Crippen LogP contribution in [0.3, 0.4) is 0 Å². The Labute approximate surface area is 67.3 Å². The van der Waals surface area contributed by atoms with Crippen molar-refractivity contribution in [2.45, 2.75) is 26.4 Å². The number of ether oxygens (including phenoxy) is 2. The number of rotatable bonds is 6. The van der Waals surface area contributed by atoms with Gasteiger partial charge in [0.05, 0.1) is 12.0 Å². The van der Waals surface area contributed by atoms with E-state index < -0.39 is 0 Å². The lowest BCUT2D eigenvalue weighted by Gasteiger charge is -2.09. The van der Waals surface area contributed by atoms with E-state index >= 15 is 0 Å². The molecular weight excluding hydrogens is 148 g/mol. The van der Waals surface area contributed by atoms with Gasteiger partial charge in [0.1, 0.15) is 6.79 Å². The van der Waals surface area contributed by atoms with Crippen LogP contribution in [0.5, 0.6) is 0 Å². The molecule has 0 aromatic carbocycles. The second kappa shape index (κ2) is 7.38. The zero-order valence-electron chi connectivity index (χ0n) is 6.92. The van der Waals surface area contributed by atoms with Crippen LogP contribution in [-0.2, 0) is 9.47 Å². The molecule has 62 valence electrons. The standard InChI is InChI=1S/C7H16O2S/c1-4-7(2)9-5-8-6-10-3/h7H,4-6H2,1-3H3. The fourth-order valence-electron chi connectivity index (χ4n) is 0.399. The molecule has 0 aromatic rings. The maximum absolute atomic E-state index is 5.26. The van der Waals surface area contributed by atoms with Gasteiger partial charge in [0.25, 0.3) is 0 Å². The third-order valence-corrected chi connectivity index (χ3v) is 1.61. The first-order chi connectivity index (χ1) is 4.81. The van der Waals surface area contributed by atoms with Crippen molar-refractivity contribution in [1.29, 1.82) is 0 Å². The summed E-state index contributed by atoms with van der Waals surface area (Å²) in [6.45, 7) is 4.57. The van der Waals surface area contributed by atoms with Crippen LogP contribution in [0.25, 0.3) is 0 Å². The first kappa shape index (κ1) is 10.3. The highest BCUT2D eigenvalue weighted by Gasteiger charge is 1.95. The molecule has 0 bridgehead atoms. The fourth-order valence-corrected chi connectivity index (χ4v) is 0.634. The smallest absolute Gasteiger partial charge is 0.148 e. The van der Waals surface area contributed by atoms with Crippen LogP contribution in [0.2, 0.25) is 0 Å². The SMILES string of the molecule is CCC(C)OCOCSC. The molecule has 3 heteroatoms. The molecule has 0 N–H and O–H groups in total. The fraction of sp³-hybridized carbons (Fsp3) is 1.00. The van der Waals surface area contributed by atoms with Crippen LogP contribution in [0.1, 0.15) is 20.3 Å². The van der Waals surface area contributed by atoms with E-state index in [0.717, 1.165) is 12.4 Å². The molecule has 10 heavy (non-hydrogen) atoms. The second-order valence-corrected chi connectivity index (χ2v) is 2.93.